The highest BCUT2D eigenvalue weighted by atomic mass is 32.2. The molecule has 0 heterocycles. The predicted octanol–water partition coefficient (Wildman–Crippen LogP) is 4.03. The normalized spacial score (nSPS) is 10.4. The summed E-state index contributed by atoms with van der Waals surface area (Å²) in [5.41, 5.74) is 0. The molecule has 2 nitrogen and oxygen atoms in total. The minimum absolute atomic E-state index is 0.0170. The molecule has 0 aromatic carbocycles. The highest BCUT2D eigenvalue weighted by Gasteiger charge is 2.01. The van der Waals surface area contributed by atoms with Crippen molar-refractivity contribution in [3.8, 4) is 0 Å². The highest BCUT2D eigenvalue weighted by Crippen LogP contribution is 2.07. The first kappa shape index (κ1) is 15.8. The summed E-state index contributed by atoms with van der Waals surface area (Å²) in [6.45, 7) is 2.81. The van der Waals surface area contributed by atoms with Crippen LogP contribution in [-0.4, -0.2) is 24.6 Å². The molecule has 96 valence electrons. The van der Waals surface area contributed by atoms with Crippen molar-refractivity contribution in [2.24, 2.45) is 0 Å². The van der Waals surface area contributed by atoms with Gasteiger partial charge in [-0.25, -0.2) is 0 Å². The molecule has 0 aliphatic rings. The van der Waals surface area contributed by atoms with Crippen molar-refractivity contribution in [3.05, 3.63) is 0 Å². The van der Waals surface area contributed by atoms with E-state index in [1.165, 1.54) is 32.1 Å². The lowest BCUT2D eigenvalue weighted by Crippen LogP contribution is -2.06. The molecule has 0 fully saturated rings. The van der Waals surface area contributed by atoms with E-state index in [4.69, 9.17) is 4.74 Å². The van der Waals surface area contributed by atoms with E-state index in [0.29, 0.717) is 13.0 Å². The third kappa shape index (κ3) is 11.9. The summed E-state index contributed by atoms with van der Waals surface area (Å²) in [6.07, 6.45) is 11.0. The number of carbonyl (C=O) groups is 1. The van der Waals surface area contributed by atoms with Crippen molar-refractivity contribution in [1.29, 1.82) is 0 Å². The van der Waals surface area contributed by atoms with E-state index < -0.39 is 0 Å². The SMILES string of the molecule is CCCCCCCCC(=O)OCCCSC. The lowest BCUT2D eigenvalue weighted by Gasteiger charge is -2.04. The highest BCUT2D eigenvalue weighted by molar-refractivity contribution is 7.98. The van der Waals surface area contributed by atoms with Crippen LogP contribution in [0.2, 0.25) is 0 Å². The van der Waals surface area contributed by atoms with Crippen LogP contribution in [0.15, 0.2) is 0 Å². The molecule has 3 heteroatoms. The van der Waals surface area contributed by atoms with E-state index in [0.717, 1.165) is 18.6 Å². The van der Waals surface area contributed by atoms with E-state index in [1.807, 2.05) is 0 Å². The Morgan fingerprint density at radius 3 is 2.44 bits per heavy atom. The van der Waals surface area contributed by atoms with Crippen molar-refractivity contribution in [2.45, 2.75) is 58.3 Å². The lowest BCUT2D eigenvalue weighted by molar-refractivity contribution is -0.143. The van der Waals surface area contributed by atoms with Crippen molar-refractivity contribution in [1.82, 2.24) is 0 Å². The van der Waals surface area contributed by atoms with Gasteiger partial charge in [-0.15, -0.1) is 0 Å². The molecule has 0 amide bonds. The fourth-order valence-corrected chi connectivity index (χ4v) is 1.92. The summed E-state index contributed by atoms with van der Waals surface area (Å²) >= 11 is 1.79. The van der Waals surface area contributed by atoms with Crippen LogP contribution in [0.5, 0.6) is 0 Å². The Morgan fingerprint density at radius 1 is 1.06 bits per heavy atom. The van der Waals surface area contributed by atoms with Gasteiger partial charge in [-0.1, -0.05) is 39.0 Å². The van der Waals surface area contributed by atoms with Gasteiger partial charge in [-0.05, 0) is 24.9 Å². The minimum Gasteiger partial charge on any atom is -0.466 e. The topological polar surface area (TPSA) is 26.3 Å². The van der Waals surface area contributed by atoms with Crippen molar-refractivity contribution < 1.29 is 9.53 Å². The van der Waals surface area contributed by atoms with E-state index in [2.05, 4.69) is 13.2 Å². The molecule has 0 spiro atoms. The van der Waals surface area contributed by atoms with Crippen LogP contribution in [0.1, 0.15) is 58.3 Å². The van der Waals surface area contributed by atoms with Gasteiger partial charge in [0.15, 0.2) is 0 Å². The molecule has 0 unspecified atom stereocenters. The van der Waals surface area contributed by atoms with Crippen LogP contribution in [0, 0.1) is 0 Å². The molecule has 0 rings (SSSR count). The molecular formula is C13H26O2S. The summed E-state index contributed by atoms with van der Waals surface area (Å²) in [7, 11) is 0. The second kappa shape index (κ2) is 12.9. The number of unbranched alkanes of at least 4 members (excludes halogenated alkanes) is 5. The smallest absolute Gasteiger partial charge is 0.305 e. The predicted molar refractivity (Wildman–Crippen MR) is 72.0 cm³/mol. The van der Waals surface area contributed by atoms with E-state index >= 15 is 0 Å². The standard InChI is InChI=1S/C13H26O2S/c1-3-4-5-6-7-8-10-13(14)15-11-9-12-16-2/h3-12H2,1-2H3. The number of hydrogen-bond acceptors (Lipinski definition) is 3. The molecule has 0 atom stereocenters. The molecule has 0 aliphatic heterocycles. The van der Waals surface area contributed by atoms with Gasteiger partial charge >= 0.3 is 5.97 Å². The molecule has 0 radical (unpaired) electrons. The van der Waals surface area contributed by atoms with Gasteiger partial charge in [0, 0.05) is 6.42 Å². The van der Waals surface area contributed by atoms with Crippen LogP contribution in [-0.2, 0) is 9.53 Å². The summed E-state index contributed by atoms with van der Waals surface area (Å²) in [6, 6.07) is 0. The second-order valence-electron chi connectivity index (χ2n) is 4.08. The molecule has 16 heavy (non-hydrogen) atoms. The number of ether oxygens (including phenoxy) is 1. The zero-order chi connectivity index (χ0) is 12.1. The summed E-state index contributed by atoms with van der Waals surface area (Å²) in [5.74, 6) is 1.06. The Bertz CT molecular complexity index is 160. The van der Waals surface area contributed by atoms with E-state index in [1.54, 1.807) is 11.8 Å². The van der Waals surface area contributed by atoms with E-state index in [9.17, 15) is 4.79 Å². The Balaban J connectivity index is 3.11. The van der Waals surface area contributed by atoms with Crippen LogP contribution < -0.4 is 0 Å². The van der Waals surface area contributed by atoms with Crippen LogP contribution >= 0.6 is 11.8 Å². The first-order valence-electron chi connectivity index (χ1n) is 6.45. The molecule has 0 saturated heterocycles. The minimum atomic E-state index is -0.0170. The van der Waals surface area contributed by atoms with Crippen molar-refractivity contribution >= 4 is 17.7 Å². The molecule has 0 aromatic heterocycles. The van der Waals surface area contributed by atoms with Gasteiger partial charge in [0.25, 0.3) is 0 Å². The Morgan fingerprint density at radius 2 is 1.75 bits per heavy atom. The average Bonchev–Trinajstić information content (AvgIpc) is 2.29. The maximum Gasteiger partial charge on any atom is 0.305 e. The van der Waals surface area contributed by atoms with Gasteiger partial charge in [-0.2, -0.15) is 11.8 Å². The maximum absolute atomic E-state index is 11.3. The van der Waals surface area contributed by atoms with Crippen molar-refractivity contribution in [2.75, 3.05) is 18.6 Å². The fourth-order valence-electron chi connectivity index (χ4n) is 1.51. The second-order valence-corrected chi connectivity index (χ2v) is 5.07. The fraction of sp³-hybridized carbons (Fsp3) is 0.923. The summed E-state index contributed by atoms with van der Waals surface area (Å²) < 4.78 is 5.12. The molecule has 0 bridgehead atoms. The third-order valence-electron chi connectivity index (χ3n) is 2.49. The van der Waals surface area contributed by atoms with Gasteiger partial charge in [0.2, 0.25) is 0 Å². The van der Waals surface area contributed by atoms with Gasteiger partial charge in [0.05, 0.1) is 6.61 Å². The van der Waals surface area contributed by atoms with Crippen LogP contribution in [0.3, 0.4) is 0 Å². The number of hydrogen-bond donors (Lipinski definition) is 0. The van der Waals surface area contributed by atoms with Gasteiger partial charge < -0.3 is 4.74 Å². The Labute approximate surface area is 105 Å². The van der Waals surface area contributed by atoms with Crippen LogP contribution in [0.4, 0.5) is 0 Å². The maximum atomic E-state index is 11.3. The Hall–Kier alpha value is -0.180. The number of thioether (sulfide) groups is 1. The average molecular weight is 246 g/mol. The summed E-state index contributed by atoms with van der Waals surface area (Å²) in [5, 5.41) is 0. The van der Waals surface area contributed by atoms with Crippen LogP contribution in [0.25, 0.3) is 0 Å². The third-order valence-corrected chi connectivity index (χ3v) is 3.19. The lowest BCUT2D eigenvalue weighted by atomic mass is 10.1. The number of rotatable bonds is 11. The zero-order valence-corrected chi connectivity index (χ0v) is 11.6. The molecule has 0 saturated carbocycles. The monoisotopic (exact) mass is 246 g/mol. The zero-order valence-electron chi connectivity index (χ0n) is 10.8. The van der Waals surface area contributed by atoms with Gasteiger partial charge in [0.1, 0.15) is 0 Å². The number of esters is 1. The Kier molecular flexibility index (Phi) is 12.7. The molecule has 0 aliphatic carbocycles. The quantitative estimate of drug-likeness (QED) is 0.406. The number of carbonyl (C=O) groups excluding carboxylic acids is 1. The van der Waals surface area contributed by atoms with Crippen molar-refractivity contribution in [3.63, 3.8) is 0 Å². The largest absolute Gasteiger partial charge is 0.466 e. The molecule has 0 aromatic rings. The first-order valence-corrected chi connectivity index (χ1v) is 7.85. The first-order chi connectivity index (χ1) is 7.81. The molecular weight excluding hydrogens is 220 g/mol. The van der Waals surface area contributed by atoms with Gasteiger partial charge in [-0.3, -0.25) is 4.79 Å². The van der Waals surface area contributed by atoms with E-state index in [-0.39, 0.29) is 5.97 Å². The summed E-state index contributed by atoms with van der Waals surface area (Å²) in [4.78, 5) is 11.3. The molecule has 0 N–H and O–H groups in total.